The summed E-state index contributed by atoms with van der Waals surface area (Å²) < 4.78 is 40.7. The van der Waals surface area contributed by atoms with Crippen LogP contribution in [0.25, 0.3) is 0 Å². The van der Waals surface area contributed by atoms with E-state index >= 15 is 0 Å². The maximum atomic E-state index is 12.0. The minimum Gasteiger partial charge on any atom is -0.389 e. The highest BCUT2D eigenvalue weighted by Gasteiger charge is 2.27. The van der Waals surface area contributed by atoms with Crippen molar-refractivity contribution < 1.29 is 22.7 Å². The van der Waals surface area contributed by atoms with Gasteiger partial charge in [-0.1, -0.05) is 12.2 Å². The lowest BCUT2D eigenvalue weighted by atomic mass is 10.2. The van der Waals surface area contributed by atoms with E-state index in [1.54, 1.807) is 24.3 Å². The number of benzene rings is 1. The van der Waals surface area contributed by atoms with E-state index in [1.165, 1.54) is 6.92 Å². The van der Waals surface area contributed by atoms with Gasteiger partial charge in [0.15, 0.2) is 0 Å². The molecule has 1 atom stereocenters. The van der Waals surface area contributed by atoms with Gasteiger partial charge in [-0.2, -0.15) is 13.2 Å². The van der Waals surface area contributed by atoms with E-state index in [-0.39, 0.29) is 4.99 Å². The quantitative estimate of drug-likeness (QED) is 0.791. The van der Waals surface area contributed by atoms with Crippen molar-refractivity contribution >= 4 is 28.8 Å². The number of rotatable bonds is 6. The molecule has 3 N–H and O–H groups in total. The van der Waals surface area contributed by atoms with Crippen LogP contribution >= 0.6 is 12.2 Å². The number of nitrogens with two attached hydrogens (primary N) is 1. The Labute approximate surface area is 125 Å². The molecule has 4 nitrogen and oxygen atoms in total. The monoisotopic (exact) mass is 320 g/mol. The summed E-state index contributed by atoms with van der Waals surface area (Å²) in [6.07, 6.45) is -6.37. The standard InChI is InChI=1S/C13H15F3N2O2S/c1-8(20-7-6-13(14,15)16)12(19)18-10-4-2-9(3-5-10)11(17)21/h2-5,8H,6-7H2,1H3,(H2,17,21)(H,18,19). The summed E-state index contributed by atoms with van der Waals surface area (Å²) in [7, 11) is 0. The number of nitrogens with one attached hydrogen (secondary N) is 1. The Hall–Kier alpha value is -1.67. The van der Waals surface area contributed by atoms with E-state index < -0.39 is 31.2 Å². The van der Waals surface area contributed by atoms with Crippen molar-refractivity contribution in [3.8, 4) is 0 Å². The van der Waals surface area contributed by atoms with Crippen LogP contribution < -0.4 is 11.1 Å². The molecule has 8 heteroatoms. The lowest BCUT2D eigenvalue weighted by Crippen LogP contribution is -2.29. The second-order valence-corrected chi connectivity index (χ2v) is 4.75. The van der Waals surface area contributed by atoms with E-state index in [2.05, 4.69) is 5.32 Å². The zero-order valence-corrected chi connectivity index (χ0v) is 12.1. The Morgan fingerprint density at radius 3 is 2.43 bits per heavy atom. The van der Waals surface area contributed by atoms with Crippen LogP contribution in [0.5, 0.6) is 0 Å². The molecule has 0 aromatic heterocycles. The van der Waals surface area contributed by atoms with Gasteiger partial charge in [-0.25, -0.2) is 0 Å². The first-order valence-corrected chi connectivity index (χ1v) is 6.49. The molecular formula is C13H15F3N2O2S. The van der Waals surface area contributed by atoms with Gasteiger partial charge in [0, 0.05) is 11.3 Å². The summed E-state index contributed by atoms with van der Waals surface area (Å²) in [5.74, 6) is -0.528. The van der Waals surface area contributed by atoms with Gasteiger partial charge in [-0.15, -0.1) is 0 Å². The summed E-state index contributed by atoms with van der Waals surface area (Å²) in [6, 6.07) is 6.45. The number of halogens is 3. The fourth-order valence-corrected chi connectivity index (χ4v) is 1.52. The van der Waals surface area contributed by atoms with Gasteiger partial charge in [0.25, 0.3) is 5.91 Å². The number of carbonyl (C=O) groups is 1. The Bertz CT molecular complexity index is 503. The largest absolute Gasteiger partial charge is 0.391 e. The van der Waals surface area contributed by atoms with Crippen molar-refractivity contribution in [1.29, 1.82) is 0 Å². The summed E-state index contributed by atoms with van der Waals surface area (Å²) >= 11 is 4.79. The maximum absolute atomic E-state index is 12.0. The van der Waals surface area contributed by atoms with Crippen LogP contribution in [0.3, 0.4) is 0 Å². The van der Waals surface area contributed by atoms with Crippen LogP contribution in [-0.4, -0.2) is 29.8 Å². The number of ether oxygens (including phenoxy) is 1. The Morgan fingerprint density at radius 1 is 1.38 bits per heavy atom. The summed E-state index contributed by atoms with van der Waals surface area (Å²) in [4.78, 5) is 12.0. The van der Waals surface area contributed by atoms with Crippen molar-refractivity contribution in [3.63, 3.8) is 0 Å². The summed E-state index contributed by atoms with van der Waals surface area (Å²) in [5.41, 5.74) is 6.56. The minimum absolute atomic E-state index is 0.233. The smallest absolute Gasteiger partial charge is 0.389 e. The lowest BCUT2D eigenvalue weighted by Gasteiger charge is -2.14. The van der Waals surface area contributed by atoms with Gasteiger partial charge in [0.2, 0.25) is 0 Å². The second-order valence-electron chi connectivity index (χ2n) is 4.31. The average molecular weight is 320 g/mol. The first-order valence-electron chi connectivity index (χ1n) is 6.08. The van der Waals surface area contributed by atoms with Crippen molar-refractivity contribution in [2.24, 2.45) is 5.73 Å². The van der Waals surface area contributed by atoms with Crippen LogP contribution in [0.15, 0.2) is 24.3 Å². The number of hydrogen-bond acceptors (Lipinski definition) is 3. The average Bonchev–Trinajstić information content (AvgIpc) is 2.37. The molecular weight excluding hydrogens is 305 g/mol. The van der Waals surface area contributed by atoms with Crippen molar-refractivity contribution in [3.05, 3.63) is 29.8 Å². The molecule has 0 aliphatic rings. The number of hydrogen-bond donors (Lipinski definition) is 2. The Morgan fingerprint density at radius 2 is 1.95 bits per heavy atom. The first-order chi connectivity index (χ1) is 9.69. The molecule has 0 spiro atoms. The van der Waals surface area contributed by atoms with E-state index in [9.17, 15) is 18.0 Å². The third-order valence-corrected chi connectivity index (χ3v) is 2.80. The zero-order chi connectivity index (χ0) is 16.0. The van der Waals surface area contributed by atoms with Gasteiger partial charge < -0.3 is 15.8 Å². The first kappa shape index (κ1) is 17.4. The highest BCUT2D eigenvalue weighted by molar-refractivity contribution is 7.80. The molecule has 0 aliphatic carbocycles. The normalized spacial score (nSPS) is 12.8. The summed E-state index contributed by atoms with van der Waals surface area (Å²) in [5, 5.41) is 2.53. The maximum Gasteiger partial charge on any atom is 0.391 e. The predicted octanol–water partition coefficient (Wildman–Crippen LogP) is 2.62. The Balaban J connectivity index is 2.46. The fourth-order valence-electron chi connectivity index (χ4n) is 1.39. The topological polar surface area (TPSA) is 64.3 Å². The third-order valence-electron chi connectivity index (χ3n) is 2.56. The van der Waals surface area contributed by atoms with Crippen LogP contribution in [0.2, 0.25) is 0 Å². The molecule has 1 amide bonds. The molecule has 0 radical (unpaired) electrons. The predicted molar refractivity (Wildman–Crippen MR) is 77.0 cm³/mol. The molecule has 0 saturated heterocycles. The molecule has 0 heterocycles. The van der Waals surface area contributed by atoms with Crippen LogP contribution in [-0.2, 0) is 9.53 Å². The van der Waals surface area contributed by atoms with Gasteiger partial charge in [0.1, 0.15) is 11.1 Å². The molecule has 0 aliphatic heterocycles. The van der Waals surface area contributed by atoms with Crippen molar-refractivity contribution in [1.82, 2.24) is 0 Å². The molecule has 0 fully saturated rings. The molecule has 1 aromatic carbocycles. The highest BCUT2D eigenvalue weighted by Crippen LogP contribution is 2.19. The molecule has 21 heavy (non-hydrogen) atoms. The third kappa shape index (κ3) is 6.54. The molecule has 0 saturated carbocycles. The molecule has 1 unspecified atom stereocenters. The van der Waals surface area contributed by atoms with Crippen molar-refractivity contribution in [2.75, 3.05) is 11.9 Å². The number of carbonyl (C=O) groups excluding carboxylic acids is 1. The highest BCUT2D eigenvalue weighted by atomic mass is 32.1. The number of alkyl halides is 3. The van der Waals surface area contributed by atoms with Gasteiger partial charge in [-0.05, 0) is 31.2 Å². The van der Waals surface area contributed by atoms with E-state index in [4.69, 9.17) is 22.7 Å². The second kappa shape index (κ2) is 7.37. The van der Waals surface area contributed by atoms with Crippen LogP contribution in [0, 0.1) is 0 Å². The van der Waals surface area contributed by atoms with E-state index in [1.807, 2.05) is 0 Å². The van der Waals surface area contributed by atoms with E-state index in [0.29, 0.717) is 11.3 Å². The minimum atomic E-state index is -4.30. The van der Waals surface area contributed by atoms with Gasteiger partial charge >= 0.3 is 6.18 Å². The fraction of sp³-hybridized carbons (Fsp3) is 0.385. The molecule has 1 aromatic rings. The molecule has 0 bridgehead atoms. The van der Waals surface area contributed by atoms with Gasteiger partial charge in [-0.3, -0.25) is 4.79 Å². The zero-order valence-electron chi connectivity index (χ0n) is 11.2. The van der Waals surface area contributed by atoms with E-state index in [0.717, 1.165) is 0 Å². The SMILES string of the molecule is CC(OCCC(F)(F)F)C(=O)Nc1ccc(C(N)=S)cc1. The molecule has 1 rings (SSSR count). The Kier molecular flexibility index (Phi) is 6.10. The van der Waals surface area contributed by atoms with Crippen LogP contribution in [0.1, 0.15) is 18.9 Å². The van der Waals surface area contributed by atoms with Crippen molar-refractivity contribution in [2.45, 2.75) is 25.6 Å². The number of thiocarbonyl (C=S) groups is 1. The lowest BCUT2D eigenvalue weighted by molar-refractivity contribution is -0.152. The number of amides is 1. The van der Waals surface area contributed by atoms with Gasteiger partial charge in [0.05, 0.1) is 13.0 Å². The number of anilines is 1. The molecule has 116 valence electrons. The van der Waals surface area contributed by atoms with Crippen LogP contribution in [0.4, 0.5) is 18.9 Å². The summed E-state index contributed by atoms with van der Waals surface area (Å²) in [6.45, 7) is 0.827.